The standard InChI is InChI=1S/C70H130N2O21/c1-4-6-8-10-12-14-15-16-17-18-19-20-21-22-23-24-25-26-27-28-29-30-31-32-33-34-36-38-40-42-44-57(80)72-51(52(77)43-41-39-37-35-13-11-9-7-5-2)49-88-67-62(84)61(83)64(56(48-75)90-67)91-68-63(85)66(60(82)55(47-74)89-68)93-70(69(86)87)45-53(78)58(71-50(3)76)65(92-70)59(81)54(79)46-73/h22-23,51-56,58-68,73-75,77-79,81-85H,4-21,24-49H2,1-3H3,(H,71,76)(H,72,80)(H,86,87)/b23-22-. The van der Waals surface area contributed by atoms with Crippen LogP contribution >= 0.6 is 0 Å². The van der Waals surface area contributed by atoms with Gasteiger partial charge in [-0.3, -0.25) is 9.59 Å². The number of aliphatic hydroxyl groups is 11. The zero-order valence-electron chi connectivity index (χ0n) is 57.1. The van der Waals surface area contributed by atoms with Crippen LogP contribution in [0.3, 0.4) is 0 Å². The number of carboxylic acid groups (broad SMARTS) is 1. The number of rotatable bonds is 56. The average Bonchev–Trinajstić information content (AvgIpc) is 0.769. The lowest BCUT2D eigenvalue weighted by molar-refractivity contribution is -0.386. The van der Waals surface area contributed by atoms with Crippen LogP contribution < -0.4 is 10.6 Å². The highest BCUT2D eigenvalue weighted by molar-refractivity contribution is 5.77. The number of allylic oxidation sites excluding steroid dienone is 2. The molecule has 23 nitrogen and oxygen atoms in total. The number of ether oxygens (including phenoxy) is 6. The van der Waals surface area contributed by atoms with Crippen molar-refractivity contribution in [2.24, 2.45) is 0 Å². The summed E-state index contributed by atoms with van der Waals surface area (Å²) in [5, 5.41) is 136. The van der Waals surface area contributed by atoms with E-state index in [-0.39, 0.29) is 18.9 Å². The third kappa shape index (κ3) is 32.8. The molecule has 2 amide bonds. The van der Waals surface area contributed by atoms with Crippen LogP contribution in [0.15, 0.2) is 12.2 Å². The molecule has 3 aliphatic heterocycles. The molecule has 3 fully saturated rings. The summed E-state index contributed by atoms with van der Waals surface area (Å²) in [6.07, 6.45) is 21.2. The van der Waals surface area contributed by atoms with Crippen molar-refractivity contribution in [1.82, 2.24) is 10.6 Å². The summed E-state index contributed by atoms with van der Waals surface area (Å²) in [5.41, 5.74) is 0. The molecule has 546 valence electrons. The van der Waals surface area contributed by atoms with Gasteiger partial charge < -0.3 is 100 Å². The van der Waals surface area contributed by atoms with E-state index in [0.29, 0.717) is 19.3 Å². The predicted molar refractivity (Wildman–Crippen MR) is 352 cm³/mol. The fourth-order valence-electron chi connectivity index (χ4n) is 12.9. The van der Waals surface area contributed by atoms with Crippen molar-refractivity contribution < 1.29 is 104 Å². The van der Waals surface area contributed by atoms with Crippen LogP contribution in [-0.2, 0) is 42.8 Å². The molecule has 3 aliphatic rings. The topological polar surface area (TPSA) is 373 Å². The Bertz CT molecular complexity index is 1930. The lowest BCUT2D eigenvalue weighted by atomic mass is 9.88. The molecule has 3 saturated heterocycles. The number of hydrogen-bond donors (Lipinski definition) is 14. The van der Waals surface area contributed by atoms with Crippen LogP contribution in [0.25, 0.3) is 0 Å². The molecular formula is C70H130N2O21. The van der Waals surface area contributed by atoms with Gasteiger partial charge in [-0.05, 0) is 38.5 Å². The molecule has 0 aliphatic carbocycles. The van der Waals surface area contributed by atoms with Gasteiger partial charge in [0.2, 0.25) is 11.8 Å². The van der Waals surface area contributed by atoms with Crippen molar-refractivity contribution in [1.29, 1.82) is 0 Å². The number of aliphatic carboxylic acids is 1. The maximum Gasteiger partial charge on any atom is 0.364 e. The van der Waals surface area contributed by atoms with Gasteiger partial charge in [0.05, 0.1) is 50.7 Å². The van der Waals surface area contributed by atoms with Gasteiger partial charge in [-0.2, -0.15) is 0 Å². The molecule has 0 aromatic heterocycles. The lowest BCUT2D eigenvalue weighted by Crippen LogP contribution is -2.70. The number of nitrogens with one attached hydrogen (secondary N) is 2. The summed E-state index contributed by atoms with van der Waals surface area (Å²) in [4.78, 5) is 38.5. The monoisotopic (exact) mass is 1330 g/mol. The van der Waals surface area contributed by atoms with Gasteiger partial charge in [-0.15, -0.1) is 0 Å². The maximum atomic E-state index is 13.4. The second kappa shape index (κ2) is 50.7. The SMILES string of the molecule is CCCCCCCCCCCCCC/C=C\CCCCCCCCCCCCCCCCC(=O)NC(COC1OC(CO)C(OC2OC(CO)C(O)C(OC3(C(=O)O)CC(O)C(NC(C)=O)C(C(O)C(O)CO)O3)C2O)C(O)C1O)C(O)CCCCCCCCCCC. The van der Waals surface area contributed by atoms with Gasteiger partial charge in [0, 0.05) is 19.8 Å². The summed E-state index contributed by atoms with van der Waals surface area (Å²) >= 11 is 0. The predicted octanol–water partition coefficient (Wildman–Crippen LogP) is 7.46. The van der Waals surface area contributed by atoms with Gasteiger partial charge in [-0.25, -0.2) is 4.79 Å². The number of carboxylic acids is 1. The molecule has 0 aromatic carbocycles. The molecule has 0 bridgehead atoms. The number of amides is 2. The number of unbranched alkanes of at least 4 members (excludes halogenated alkanes) is 34. The molecule has 23 heteroatoms. The quantitative estimate of drug-likeness (QED) is 0.0207. The molecule has 93 heavy (non-hydrogen) atoms. The molecule has 0 aromatic rings. The van der Waals surface area contributed by atoms with Crippen molar-refractivity contribution in [2.45, 2.75) is 387 Å². The smallest absolute Gasteiger partial charge is 0.364 e. The molecule has 0 radical (unpaired) electrons. The van der Waals surface area contributed by atoms with E-state index in [1.165, 1.54) is 173 Å². The van der Waals surface area contributed by atoms with E-state index in [1.54, 1.807) is 0 Å². The van der Waals surface area contributed by atoms with Crippen molar-refractivity contribution >= 4 is 17.8 Å². The second-order valence-corrected chi connectivity index (χ2v) is 26.8. The molecule has 18 unspecified atom stereocenters. The van der Waals surface area contributed by atoms with Crippen molar-refractivity contribution in [3.63, 3.8) is 0 Å². The number of hydrogen-bond acceptors (Lipinski definition) is 20. The fourth-order valence-corrected chi connectivity index (χ4v) is 12.9. The summed E-state index contributed by atoms with van der Waals surface area (Å²) in [7, 11) is 0. The van der Waals surface area contributed by atoms with E-state index in [2.05, 4.69) is 36.6 Å². The van der Waals surface area contributed by atoms with Crippen LogP contribution in [0.1, 0.15) is 278 Å². The zero-order valence-corrected chi connectivity index (χ0v) is 57.1. The molecule has 18 atom stereocenters. The summed E-state index contributed by atoms with van der Waals surface area (Å²) in [6, 6.07) is -2.52. The third-order valence-electron chi connectivity index (χ3n) is 18.7. The Morgan fingerprint density at radius 1 is 0.548 bits per heavy atom. The van der Waals surface area contributed by atoms with Crippen LogP contribution in [0, 0.1) is 0 Å². The normalized spacial score (nSPS) is 28.1. The first-order valence-corrected chi connectivity index (χ1v) is 36.5. The van der Waals surface area contributed by atoms with Gasteiger partial charge >= 0.3 is 5.97 Å². The average molecular weight is 1340 g/mol. The summed E-state index contributed by atoms with van der Waals surface area (Å²) < 4.78 is 34.8. The molecular weight excluding hydrogens is 1200 g/mol. The zero-order chi connectivity index (χ0) is 68.2. The number of carbonyl (C=O) groups excluding carboxylic acids is 2. The Morgan fingerprint density at radius 2 is 1.00 bits per heavy atom. The van der Waals surface area contributed by atoms with E-state index < -0.39 is 148 Å². The van der Waals surface area contributed by atoms with Crippen LogP contribution in [0.2, 0.25) is 0 Å². The van der Waals surface area contributed by atoms with E-state index in [9.17, 15) is 75.7 Å². The summed E-state index contributed by atoms with van der Waals surface area (Å²) in [5.74, 6) is -6.10. The Morgan fingerprint density at radius 3 is 1.45 bits per heavy atom. The van der Waals surface area contributed by atoms with E-state index in [0.717, 1.165) is 58.3 Å². The van der Waals surface area contributed by atoms with Gasteiger partial charge in [0.25, 0.3) is 5.79 Å². The second-order valence-electron chi connectivity index (χ2n) is 26.8. The highest BCUT2D eigenvalue weighted by Gasteiger charge is 2.60. The largest absolute Gasteiger partial charge is 0.477 e. The van der Waals surface area contributed by atoms with Crippen molar-refractivity contribution in [3.05, 3.63) is 12.2 Å². The first kappa shape index (κ1) is 84.7. The molecule has 0 saturated carbocycles. The number of carbonyl (C=O) groups is 3. The van der Waals surface area contributed by atoms with Crippen LogP contribution in [0.5, 0.6) is 0 Å². The van der Waals surface area contributed by atoms with Crippen LogP contribution in [-0.4, -0.2) is 215 Å². The Balaban J connectivity index is 1.46. The number of aliphatic hydroxyl groups excluding tert-OH is 11. The minimum atomic E-state index is -3.08. The Hall–Kier alpha value is -2.53. The van der Waals surface area contributed by atoms with Crippen molar-refractivity contribution in [2.75, 3.05) is 26.4 Å². The van der Waals surface area contributed by atoms with E-state index in [4.69, 9.17) is 28.4 Å². The Kier molecular flexibility index (Phi) is 46.2. The van der Waals surface area contributed by atoms with E-state index >= 15 is 0 Å². The van der Waals surface area contributed by atoms with Crippen LogP contribution in [0.4, 0.5) is 0 Å². The third-order valence-corrected chi connectivity index (χ3v) is 18.7. The highest BCUT2D eigenvalue weighted by Crippen LogP contribution is 2.39. The molecule has 3 heterocycles. The van der Waals surface area contributed by atoms with E-state index in [1.807, 2.05) is 0 Å². The highest BCUT2D eigenvalue weighted by atomic mass is 16.8. The fraction of sp³-hybridized carbons (Fsp3) is 0.929. The Labute approximate surface area is 556 Å². The van der Waals surface area contributed by atoms with Gasteiger partial charge in [-0.1, -0.05) is 231 Å². The minimum Gasteiger partial charge on any atom is -0.477 e. The summed E-state index contributed by atoms with van der Waals surface area (Å²) in [6.45, 7) is 2.18. The first-order chi connectivity index (χ1) is 44.9. The minimum absolute atomic E-state index is 0.225. The molecule has 14 N–H and O–H groups in total. The van der Waals surface area contributed by atoms with Gasteiger partial charge in [0.15, 0.2) is 12.6 Å². The first-order valence-electron chi connectivity index (χ1n) is 36.5. The van der Waals surface area contributed by atoms with Gasteiger partial charge in [0.1, 0.15) is 67.1 Å². The molecule has 3 rings (SSSR count). The lowest BCUT2D eigenvalue weighted by Gasteiger charge is -2.50. The maximum absolute atomic E-state index is 13.4. The van der Waals surface area contributed by atoms with Crippen molar-refractivity contribution in [3.8, 4) is 0 Å². The molecule has 0 spiro atoms.